The minimum Gasteiger partial charge on any atom is -0.478 e. The third kappa shape index (κ3) is 4.42. The van der Waals surface area contributed by atoms with Crippen molar-refractivity contribution in [2.45, 2.75) is 19.1 Å². The first-order valence-corrected chi connectivity index (χ1v) is 10.0. The van der Waals surface area contributed by atoms with Crippen LogP contribution in [0.2, 0.25) is 0 Å². The number of carboxylic acid groups (broad SMARTS) is 1. The summed E-state index contributed by atoms with van der Waals surface area (Å²) in [6.45, 7) is 5.04. The molecule has 4 rings (SSSR count). The molecule has 5 nitrogen and oxygen atoms in total. The van der Waals surface area contributed by atoms with Crippen molar-refractivity contribution in [1.29, 1.82) is 0 Å². The minimum atomic E-state index is -0.901. The lowest BCUT2D eigenvalue weighted by Gasteiger charge is -2.35. The van der Waals surface area contributed by atoms with Gasteiger partial charge >= 0.3 is 5.97 Å². The number of ether oxygens (including phenoxy) is 1. The third-order valence-corrected chi connectivity index (χ3v) is 5.54. The van der Waals surface area contributed by atoms with Gasteiger partial charge in [0.2, 0.25) is 0 Å². The number of morpholine rings is 1. The van der Waals surface area contributed by atoms with E-state index in [1.165, 1.54) is 16.3 Å². The molecular formula is C24H26N2O3. The van der Waals surface area contributed by atoms with Crippen LogP contribution in [0.5, 0.6) is 0 Å². The van der Waals surface area contributed by atoms with Gasteiger partial charge in [0.1, 0.15) is 0 Å². The summed E-state index contributed by atoms with van der Waals surface area (Å²) in [5, 5.41) is 15.4. The molecule has 29 heavy (non-hydrogen) atoms. The molecule has 1 aliphatic heterocycles. The van der Waals surface area contributed by atoms with E-state index in [-0.39, 0.29) is 12.1 Å². The number of carbonyl (C=O) groups is 1. The number of nitrogens with zero attached hydrogens (tertiary/aromatic N) is 1. The summed E-state index contributed by atoms with van der Waals surface area (Å²) < 4.78 is 5.96. The average molecular weight is 390 g/mol. The van der Waals surface area contributed by atoms with Crippen molar-refractivity contribution in [2.75, 3.05) is 31.1 Å². The summed E-state index contributed by atoms with van der Waals surface area (Å²) >= 11 is 0. The molecule has 150 valence electrons. The van der Waals surface area contributed by atoms with Gasteiger partial charge in [-0.15, -0.1) is 0 Å². The van der Waals surface area contributed by atoms with Crippen molar-refractivity contribution in [2.24, 2.45) is 0 Å². The second-order valence-electron chi connectivity index (χ2n) is 7.49. The molecule has 0 aliphatic carbocycles. The molecular weight excluding hydrogens is 364 g/mol. The van der Waals surface area contributed by atoms with Gasteiger partial charge in [0.05, 0.1) is 18.3 Å². The lowest BCUT2D eigenvalue weighted by molar-refractivity contribution is 0.0395. The largest absolute Gasteiger partial charge is 0.478 e. The van der Waals surface area contributed by atoms with Crippen molar-refractivity contribution >= 4 is 22.4 Å². The van der Waals surface area contributed by atoms with Crippen molar-refractivity contribution < 1.29 is 14.6 Å². The Bertz CT molecular complexity index is 999. The molecule has 2 atom stereocenters. The number of rotatable bonds is 6. The van der Waals surface area contributed by atoms with Gasteiger partial charge < -0.3 is 20.1 Å². The fourth-order valence-electron chi connectivity index (χ4n) is 3.96. The normalized spacial score (nSPS) is 18.0. The third-order valence-electron chi connectivity index (χ3n) is 5.54. The molecule has 0 saturated carbocycles. The lowest BCUT2D eigenvalue weighted by atomic mass is 9.99. The Kier molecular flexibility index (Phi) is 5.79. The zero-order chi connectivity index (χ0) is 20.2. The predicted octanol–water partition coefficient (Wildman–Crippen LogP) is 4.09. The lowest BCUT2D eigenvalue weighted by Crippen LogP contribution is -2.47. The van der Waals surface area contributed by atoms with E-state index in [4.69, 9.17) is 4.74 Å². The molecule has 1 saturated heterocycles. The maximum Gasteiger partial charge on any atom is 0.335 e. The highest BCUT2D eigenvalue weighted by atomic mass is 16.5. The van der Waals surface area contributed by atoms with E-state index >= 15 is 0 Å². The first-order chi connectivity index (χ1) is 14.1. The van der Waals surface area contributed by atoms with E-state index in [1.807, 2.05) is 6.07 Å². The molecule has 5 heteroatoms. The predicted molar refractivity (Wildman–Crippen MR) is 116 cm³/mol. The van der Waals surface area contributed by atoms with Crippen LogP contribution in [0, 0.1) is 0 Å². The molecule has 2 N–H and O–H groups in total. The number of hydrogen-bond acceptors (Lipinski definition) is 4. The smallest absolute Gasteiger partial charge is 0.335 e. The highest BCUT2D eigenvalue weighted by Gasteiger charge is 2.22. The van der Waals surface area contributed by atoms with E-state index in [1.54, 1.807) is 18.2 Å². The fourth-order valence-corrected chi connectivity index (χ4v) is 3.96. The quantitative estimate of drug-likeness (QED) is 0.664. The number of anilines is 1. The van der Waals surface area contributed by atoms with Crippen molar-refractivity contribution in [1.82, 2.24) is 5.32 Å². The summed E-state index contributed by atoms with van der Waals surface area (Å²) in [4.78, 5) is 13.5. The van der Waals surface area contributed by atoms with Gasteiger partial charge in [-0.2, -0.15) is 0 Å². The highest BCUT2D eigenvalue weighted by Crippen LogP contribution is 2.24. The van der Waals surface area contributed by atoms with Crippen LogP contribution < -0.4 is 10.2 Å². The van der Waals surface area contributed by atoms with E-state index in [9.17, 15) is 9.90 Å². The molecule has 3 aromatic carbocycles. The average Bonchev–Trinajstić information content (AvgIpc) is 2.77. The monoisotopic (exact) mass is 390 g/mol. The number of fused-ring (bicyclic) bond motifs is 1. The van der Waals surface area contributed by atoms with Gasteiger partial charge in [-0.25, -0.2) is 4.79 Å². The zero-order valence-electron chi connectivity index (χ0n) is 16.5. The van der Waals surface area contributed by atoms with Crippen LogP contribution in [0.4, 0.5) is 5.69 Å². The standard InChI is InChI=1S/C24H26N2O3/c1-17(22-11-5-7-18-6-2-3-10-23(18)22)25-15-21-16-26(12-13-29-21)20-9-4-8-19(14-20)24(27)28/h2-11,14,17,21,25H,12-13,15-16H2,1H3,(H,27,28). The van der Waals surface area contributed by atoms with E-state index in [0.29, 0.717) is 12.2 Å². The molecule has 1 aliphatic rings. The molecule has 0 spiro atoms. The van der Waals surface area contributed by atoms with Crippen LogP contribution in [0.1, 0.15) is 28.9 Å². The topological polar surface area (TPSA) is 61.8 Å². The Balaban J connectivity index is 1.41. The maximum absolute atomic E-state index is 11.3. The number of carboxylic acids is 1. The van der Waals surface area contributed by atoms with E-state index in [2.05, 4.69) is 59.6 Å². The van der Waals surface area contributed by atoms with Gasteiger partial charge in [-0.3, -0.25) is 0 Å². The molecule has 0 bridgehead atoms. The molecule has 0 aromatic heterocycles. The second-order valence-corrected chi connectivity index (χ2v) is 7.49. The van der Waals surface area contributed by atoms with Crippen molar-refractivity contribution in [3.05, 3.63) is 77.9 Å². The molecule has 3 aromatic rings. The maximum atomic E-state index is 11.3. The summed E-state index contributed by atoms with van der Waals surface area (Å²) in [5.74, 6) is -0.901. The number of hydrogen-bond donors (Lipinski definition) is 2. The van der Waals surface area contributed by atoms with Crippen LogP contribution in [0.25, 0.3) is 10.8 Å². The van der Waals surface area contributed by atoms with Crippen molar-refractivity contribution in [3.63, 3.8) is 0 Å². The Morgan fingerprint density at radius 3 is 2.83 bits per heavy atom. The zero-order valence-corrected chi connectivity index (χ0v) is 16.5. The van der Waals surface area contributed by atoms with Crippen LogP contribution in [0.15, 0.2) is 66.7 Å². The minimum absolute atomic E-state index is 0.0506. The fraction of sp³-hybridized carbons (Fsp3) is 0.292. The molecule has 2 unspecified atom stereocenters. The van der Waals surface area contributed by atoms with Gasteiger partial charge in [0, 0.05) is 31.4 Å². The molecule has 1 heterocycles. The van der Waals surface area contributed by atoms with E-state index in [0.717, 1.165) is 25.3 Å². The Hall–Kier alpha value is -2.89. The Labute approximate surface area is 170 Å². The first kappa shape index (κ1) is 19.4. The summed E-state index contributed by atoms with van der Waals surface area (Å²) in [7, 11) is 0. The van der Waals surface area contributed by atoms with Crippen LogP contribution in [-0.2, 0) is 4.74 Å². The van der Waals surface area contributed by atoms with E-state index < -0.39 is 5.97 Å². The number of nitrogens with one attached hydrogen (secondary N) is 1. The van der Waals surface area contributed by atoms with Crippen LogP contribution in [-0.4, -0.2) is 43.4 Å². The number of aromatic carboxylic acids is 1. The highest BCUT2D eigenvalue weighted by molar-refractivity contribution is 5.89. The second kappa shape index (κ2) is 8.64. The van der Waals surface area contributed by atoms with Crippen LogP contribution in [0.3, 0.4) is 0 Å². The molecule has 1 fully saturated rings. The number of benzene rings is 3. The first-order valence-electron chi connectivity index (χ1n) is 10.0. The van der Waals surface area contributed by atoms with Crippen molar-refractivity contribution in [3.8, 4) is 0 Å². The van der Waals surface area contributed by atoms with Gasteiger partial charge in [-0.1, -0.05) is 48.5 Å². The van der Waals surface area contributed by atoms with Crippen LogP contribution >= 0.6 is 0 Å². The Morgan fingerprint density at radius 1 is 1.17 bits per heavy atom. The van der Waals surface area contributed by atoms with Gasteiger partial charge in [0.15, 0.2) is 0 Å². The summed E-state index contributed by atoms with van der Waals surface area (Å²) in [6.07, 6.45) is 0.0506. The SMILES string of the molecule is CC(NCC1CN(c2cccc(C(=O)O)c2)CCO1)c1cccc2ccccc12. The van der Waals surface area contributed by atoms with Gasteiger partial charge in [0.25, 0.3) is 0 Å². The Morgan fingerprint density at radius 2 is 1.97 bits per heavy atom. The summed E-state index contributed by atoms with van der Waals surface area (Å²) in [5.41, 5.74) is 2.53. The molecule has 0 radical (unpaired) electrons. The van der Waals surface area contributed by atoms with Gasteiger partial charge in [-0.05, 0) is 41.5 Å². The summed E-state index contributed by atoms with van der Waals surface area (Å²) in [6, 6.07) is 22.2. The molecule has 0 amide bonds.